The Kier molecular flexibility index (Phi) is 4.76. The quantitative estimate of drug-likeness (QED) is 0.900. The first-order chi connectivity index (χ1) is 11.1. The molecule has 0 radical (unpaired) electrons. The number of aromatic nitrogens is 4. The van der Waals surface area contributed by atoms with Gasteiger partial charge in [-0.05, 0) is 19.8 Å². The molecule has 2 aromatic heterocycles. The van der Waals surface area contributed by atoms with Crippen LogP contribution in [0.5, 0.6) is 0 Å². The molecule has 7 nitrogen and oxygen atoms in total. The summed E-state index contributed by atoms with van der Waals surface area (Å²) in [4.78, 5) is 20.7. The zero-order valence-corrected chi connectivity index (χ0v) is 13.7. The minimum atomic E-state index is -0.143. The molecule has 3 rings (SSSR count). The van der Waals surface area contributed by atoms with Crippen molar-refractivity contribution in [3.8, 4) is 0 Å². The van der Waals surface area contributed by atoms with Crippen LogP contribution in [0.2, 0.25) is 0 Å². The Balaban J connectivity index is 1.59. The van der Waals surface area contributed by atoms with Gasteiger partial charge < -0.3 is 19.2 Å². The van der Waals surface area contributed by atoms with Crippen LogP contribution >= 0.6 is 0 Å². The summed E-state index contributed by atoms with van der Waals surface area (Å²) < 4.78 is 9.39. The van der Waals surface area contributed by atoms with Crippen molar-refractivity contribution >= 4 is 5.91 Å². The van der Waals surface area contributed by atoms with E-state index < -0.39 is 0 Å². The van der Waals surface area contributed by atoms with Crippen molar-refractivity contribution in [1.29, 1.82) is 0 Å². The second kappa shape index (κ2) is 6.95. The molecule has 0 spiro atoms. The molecule has 1 N–H and O–H groups in total. The highest BCUT2D eigenvalue weighted by Crippen LogP contribution is 2.26. The number of ether oxygens (including phenoxy) is 1. The van der Waals surface area contributed by atoms with Crippen LogP contribution < -0.4 is 5.32 Å². The fraction of sp³-hybridized carbons (Fsp3) is 0.562. The van der Waals surface area contributed by atoms with Crippen molar-refractivity contribution in [2.24, 2.45) is 7.05 Å². The largest absolute Gasteiger partial charge is 0.381 e. The Morgan fingerprint density at radius 1 is 1.39 bits per heavy atom. The van der Waals surface area contributed by atoms with Crippen LogP contribution in [0.3, 0.4) is 0 Å². The minimum Gasteiger partial charge on any atom is -0.381 e. The average Bonchev–Trinajstić information content (AvgIpc) is 3.15. The zero-order chi connectivity index (χ0) is 16.2. The van der Waals surface area contributed by atoms with Crippen molar-refractivity contribution in [3.63, 3.8) is 0 Å². The summed E-state index contributed by atoms with van der Waals surface area (Å²) in [7, 11) is 1.85. The number of nitrogens with zero attached hydrogens (tertiary/aromatic N) is 4. The lowest BCUT2D eigenvalue weighted by atomic mass is 9.99. The molecule has 1 fully saturated rings. The summed E-state index contributed by atoms with van der Waals surface area (Å²) in [6.07, 6.45) is 7.27. The van der Waals surface area contributed by atoms with Gasteiger partial charge in [-0.25, -0.2) is 9.97 Å². The van der Waals surface area contributed by atoms with E-state index in [9.17, 15) is 4.79 Å². The summed E-state index contributed by atoms with van der Waals surface area (Å²) in [5.41, 5.74) is 1.57. The SMILES string of the molecule is Cc1cnc(C2CCOCC2)n1CCNC(=O)c1cn(C)cn1. The molecule has 3 heterocycles. The summed E-state index contributed by atoms with van der Waals surface area (Å²) in [6, 6.07) is 0. The molecule has 124 valence electrons. The molecule has 7 heteroatoms. The molecular formula is C16H23N5O2. The number of nitrogens with one attached hydrogen (secondary N) is 1. The van der Waals surface area contributed by atoms with Crippen molar-refractivity contribution < 1.29 is 9.53 Å². The molecule has 1 amide bonds. The van der Waals surface area contributed by atoms with E-state index in [-0.39, 0.29) is 5.91 Å². The van der Waals surface area contributed by atoms with Crippen molar-refractivity contribution in [3.05, 3.63) is 35.9 Å². The van der Waals surface area contributed by atoms with Crippen LogP contribution in [0, 0.1) is 6.92 Å². The summed E-state index contributed by atoms with van der Waals surface area (Å²) >= 11 is 0. The molecule has 0 aliphatic carbocycles. The smallest absolute Gasteiger partial charge is 0.271 e. The van der Waals surface area contributed by atoms with Crippen LogP contribution in [-0.2, 0) is 18.3 Å². The van der Waals surface area contributed by atoms with Gasteiger partial charge in [-0.15, -0.1) is 0 Å². The topological polar surface area (TPSA) is 74.0 Å². The third-order valence-electron chi connectivity index (χ3n) is 4.23. The highest BCUT2D eigenvalue weighted by Gasteiger charge is 2.21. The van der Waals surface area contributed by atoms with Gasteiger partial charge in [-0.3, -0.25) is 4.79 Å². The molecule has 2 aromatic rings. The van der Waals surface area contributed by atoms with Gasteiger partial charge in [0.2, 0.25) is 0 Å². The van der Waals surface area contributed by atoms with Gasteiger partial charge in [-0.1, -0.05) is 0 Å². The Hall–Kier alpha value is -2.15. The van der Waals surface area contributed by atoms with Gasteiger partial charge >= 0.3 is 0 Å². The standard InChI is InChI=1S/C16H23N5O2/c1-12-9-18-15(13-3-7-23-8-4-13)21(12)6-5-17-16(22)14-10-20(2)11-19-14/h9-11,13H,3-8H2,1-2H3,(H,17,22). The van der Waals surface area contributed by atoms with E-state index in [1.54, 1.807) is 17.1 Å². The van der Waals surface area contributed by atoms with E-state index in [1.807, 2.05) is 13.2 Å². The molecule has 1 aliphatic rings. The minimum absolute atomic E-state index is 0.143. The third kappa shape index (κ3) is 3.61. The van der Waals surface area contributed by atoms with E-state index in [1.165, 1.54) is 0 Å². The lowest BCUT2D eigenvalue weighted by Gasteiger charge is -2.23. The normalized spacial score (nSPS) is 15.7. The number of rotatable bonds is 5. The zero-order valence-electron chi connectivity index (χ0n) is 13.7. The van der Waals surface area contributed by atoms with Crippen LogP contribution in [0.15, 0.2) is 18.7 Å². The van der Waals surface area contributed by atoms with Gasteiger partial charge in [0, 0.05) is 57.4 Å². The van der Waals surface area contributed by atoms with Gasteiger partial charge in [0.05, 0.1) is 6.33 Å². The number of aryl methyl sites for hydroxylation is 2. The monoisotopic (exact) mass is 317 g/mol. The molecule has 23 heavy (non-hydrogen) atoms. The maximum atomic E-state index is 12.0. The van der Waals surface area contributed by atoms with E-state index in [0.717, 1.165) is 44.1 Å². The van der Waals surface area contributed by atoms with Gasteiger partial charge in [-0.2, -0.15) is 0 Å². The molecule has 1 saturated heterocycles. The van der Waals surface area contributed by atoms with Crippen LogP contribution in [-0.4, -0.2) is 44.8 Å². The number of carbonyl (C=O) groups is 1. The molecule has 0 saturated carbocycles. The van der Waals surface area contributed by atoms with Crippen LogP contribution in [0.25, 0.3) is 0 Å². The Morgan fingerprint density at radius 2 is 2.17 bits per heavy atom. The molecule has 0 unspecified atom stereocenters. The van der Waals surface area contributed by atoms with E-state index in [0.29, 0.717) is 18.2 Å². The van der Waals surface area contributed by atoms with Gasteiger partial charge in [0.15, 0.2) is 0 Å². The first kappa shape index (κ1) is 15.7. The van der Waals surface area contributed by atoms with E-state index in [2.05, 4.69) is 26.8 Å². The number of amides is 1. The second-order valence-electron chi connectivity index (χ2n) is 5.98. The third-order valence-corrected chi connectivity index (χ3v) is 4.23. The van der Waals surface area contributed by atoms with Crippen molar-refractivity contribution in [2.75, 3.05) is 19.8 Å². The Bertz CT molecular complexity index is 670. The fourth-order valence-electron chi connectivity index (χ4n) is 2.95. The number of carbonyl (C=O) groups excluding carboxylic acids is 1. The van der Waals surface area contributed by atoms with E-state index in [4.69, 9.17) is 4.74 Å². The molecule has 0 aromatic carbocycles. The summed E-state index contributed by atoms with van der Waals surface area (Å²) in [5.74, 6) is 1.41. The molecule has 0 bridgehead atoms. The van der Waals surface area contributed by atoms with Crippen LogP contribution in [0.1, 0.15) is 40.8 Å². The maximum absolute atomic E-state index is 12.0. The van der Waals surface area contributed by atoms with E-state index >= 15 is 0 Å². The van der Waals surface area contributed by atoms with Crippen molar-refractivity contribution in [2.45, 2.75) is 32.2 Å². The summed E-state index contributed by atoms with van der Waals surface area (Å²) in [5, 5.41) is 2.92. The lowest BCUT2D eigenvalue weighted by Crippen LogP contribution is -2.29. The first-order valence-electron chi connectivity index (χ1n) is 8.01. The number of imidazole rings is 2. The highest BCUT2D eigenvalue weighted by molar-refractivity contribution is 5.91. The number of hydrogen-bond donors (Lipinski definition) is 1. The molecular weight excluding hydrogens is 294 g/mol. The molecule has 1 aliphatic heterocycles. The van der Waals surface area contributed by atoms with Crippen LogP contribution in [0.4, 0.5) is 0 Å². The van der Waals surface area contributed by atoms with Gasteiger partial charge in [0.25, 0.3) is 5.91 Å². The average molecular weight is 317 g/mol. The summed E-state index contributed by atoms with van der Waals surface area (Å²) in [6.45, 7) is 4.93. The van der Waals surface area contributed by atoms with Crippen molar-refractivity contribution in [1.82, 2.24) is 24.4 Å². The Morgan fingerprint density at radius 3 is 2.87 bits per heavy atom. The fourth-order valence-corrected chi connectivity index (χ4v) is 2.95. The number of hydrogen-bond acceptors (Lipinski definition) is 4. The second-order valence-corrected chi connectivity index (χ2v) is 5.98. The highest BCUT2D eigenvalue weighted by atomic mass is 16.5. The predicted octanol–water partition coefficient (Wildman–Crippen LogP) is 1.25. The molecule has 0 atom stereocenters. The predicted molar refractivity (Wildman–Crippen MR) is 85.3 cm³/mol. The first-order valence-corrected chi connectivity index (χ1v) is 8.01. The van der Waals surface area contributed by atoms with Gasteiger partial charge in [0.1, 0.15) is 11.5 Å². The Labute approximate surface area is 135 Å². The lowest BCUT2D eigenvalue weighted by molar-refractivity contribution is 0.0827. The maximum Gasteiger partial charge on any atom is 0.271 e.